The van der Waals surface area contributed by atoms with Crippen LogP contribution in [0.5, 0.6) is 0 Å². The van der Waals surface area contributed by atoms with Gasteiger partial charge in [-0.1, -0.05) is 12.1 Å². The Labute approximate surface area is 101 Å². The van der Waals surface area contributed by atoms with E-state index in [-0.39, 0.29) is 24.9 Å². The molecule has 1 aliphatic rings. The summed E-state index contributed by atoms with van der Waals surface area (Å²) in [5.41, 5.74) is 0.932. The van der Waals surface area contributed by atoms with Gasteiger partial charge in [0, 0.05) is 3.57 Å². The number of hydrogen-bond donors (Lipinski definition) is 1. The van der Waals surface area contributed by atoms with Gasteiger partial charge >= 0.3 is 0 Å². The fourth-order valence-electron chi connectivity index (χ4n) is 1.52. The van der Waals surface area contributed by atoms with Crippen molar-refractivity contribution in [2.24, 2.45) is 0 Å². The molecule has 0 aliphatic carbocycles. The van der Waals surface area contributed by atoms with Gasteiger partial charge in [-0.3, -0.25) is 14.9 Å². The summed E-state index contributed by atoms with van der Waals surface area (Å²) in [6.45, 7) is 0.484. The number of para-hydroxylation sites is 1. The third-order valence-electron chi connectivity index (χ3n) is 2.14. The number of hydrogen-bond acceptors (Lipinski definition) is 3. The van der Waals surface area contributed by atoms with E-state index in [4.69, 9.17) is 0 Å². The van der Waals surface area contributed by atoms with Crippen molar-refractivity contribution in [3.63, 3.8) is 0 Å². The molecule has 0 atom stereocenters. The van der Waals surface area contributed by atoms with Crippen molar-refractivity contribution >= 4 is 40.1 Å². The van der Waals surface area contributed by atoms with Crippen LogP contribution >= 0.6 is 22.6 Å². The lowest BCUT2D eigenvalue weighted by Crippen LogP contribution is -2.51. The van der Waals surface area contributed by atoms with Gasteiger partial charge in [0.1, 0.15) is 0 Å². The van der Waals surface area contributed by atoms with Crippen molar-refractivity contribution in [3.05, 3.63) is 27.8 Å². The van der Waals surface area contributed by atoms with Crippen molar-refractivity contribution < 1.29 is 9.59 Å². The number of carbonyl (C=O) groups excluding carboxylic acids is 2. The first-order chi connectivity index (χ1) is 7.16. The van der Waals surface area contributed by atoms with Crippen molar-refractivity contribution in [2.45, 2.75) is 0 Å². The third-order valence-corrected chi connectivity index (χ3v) is 3.05. The van der Waals surface area contributed by atoms with E-state index >= 15 is 0 Å². The summed E-state index contributed by atoms with van der Waals surface area (Å²) in [5.74, 6) is -0.489. The lowest BCUT2D eigenvalue weighted by atomic mass is 10.2. The predicted octanol–water partition coefficient (Wildman–Crippen LogP) is 0.754. The maximum absolute atomic E-state index is 11.2. The Balaban J connectivity index is 2.27. The zero-order valence-electron chi connectivity index (χ0n) is 7.87. The van der Waals surface area contributed by atoms with E-state index in [1.165, 1.54) is 0 Å². The summed E-state index contributed by atoms with van der Waals surface area (Å²) in [6.07, 6.45) is 0. The number of halogens is 1. The molecule has 0 bridgehead atoms. The Kier molecular flexibility index (Phi) is 2.90. The van der Waals surface area contributed by atoms with Crippen molar-refractivity contribution in [1.82, 2.24) is 5.32 Å². The third kappa shape index (κ3) is 2.28. The van der Waals surface area contributed by atoms with Crippen molar-refractivity contribution in [1.29, 1.82) is 0 Å². The number of nitrogens with one attached hydrogen (secondary N) is 1. The van der Waals surface area contributed by atoms with E-state index in [9.17, 15) is 9.59 Å². The molecule has 1 fully saturated rings. The number of rotatable bonds is 1. The number of carbonyl (C=O) groups is 2. The van der Waals surface area contributed by atoms with E-state index in [0.717, 1.165) is 9.26 Å². The van der Waals surface area contributed by atoms with Crippen molar-refractivity contribution in [3.8, 4) is 0 Å². The van der Waals surface area contributed by atoms with Crippen LogP contribution in [-0.2, 0) is 9.59 Å². The van der Waals surface area contributed by atoms with Gasteiger partial charge in [0.25, 0.3) is 0 Å². The molecular weight excluding hydrogens is 307 g/mol. The molecule has 1 heterocycles. The Bertz CT molecular complexity index is 404. The van der Waals surface area contributed by atoms with Gasteiger partial charge in [-0.2, -0.15) is 0 Å². The van der Waals surface area contributed by atoms with Crippen LogP contribution in [0.4, 0.5) is 5.69 Å². The highest BCUT2D eigenvalue weighted by Crippen LogP contribution is 2.22. The average molecular weight is 316 g/mol. The Hall–Kier alpha value is -1.11. The molecule has 2 amide bonds. The van der Waals surface area contributed by atoms with Crippen molar-refractivity contribution in [2.75, 3.05) is 18.0 Å². The summed E-state index contributed by atoms with van der Waals surface area (Å²) < 4.78 is 1.04. The van der Waals surface area contributed by atoms with Gasteiger partial charge in [0.05, 0.1) is 18.8 Å². The zero-order chi connectivity index (χ0) is 10.8. The molecule has 1 aliphatic heterocycles. The zero-order valence-corrected chi connectivity index (χ0v) is 10.0. The van der Waals surface area contributed by atoms with E-state index in [0.29, 0.717) is 0 Å². The quantitative estimate of drug-likeness (QED) is 0.615. The van der Waals surface area contributed by atoms with Crippen LogP contribution in [0.15, 0.2) is 24.3 Å². The van der Waals surface area contributed by atoms with Gasteiger partial charge in [-0.05, 0) is 34.7 Å². The Morgan fingerprint density at radius 1 is 1.13 bits per heavy atom. The molecule has 15 heavy (non-hydrogen) atoms. The van der Waals surface area contributed by atoms with Crippen LogP contribution in [-0.4, -0.2) is 24.9 Å². The molecule has 0 radical (unpaired) electrons. The lowest BCUT2D eigenvalue weighted by molar-refractivity contribution is -0.130. The second-order valence-corrected chi connectivity index (χ2v) is 4.44. The molecule has 4 nitrogen and oxygen atoms in total. The Morgan fingerprint density at radius 3 is 2.33 bits per heavy atom. The van der Waals surface area contributed by atoms with Crippen LogP contribution in [0.2, 0.25) is 0 Å². The molecule has 1 aromatic rings. The van der Waals surface area contributed by atoms with E-state index in [1.54, 1.807) is 4.90 Å². The molecule has 78 valence electrons. The minimum Gasteiger partial charge on any atom is -0.352 e. The molecule has 5 heteroatoms. The van der Waals surface area contributed by atoms with Gasteiger partial charge in [-0.25, -0.2) is 0 Å². The van der Waals surface area contributed by atoms with Gasteiger partial charge < -0.3 is 4.90 Å². The highest BCUT2D eigenvalue weighted by atomic mass is 127. The van der Waals surface area contributed by atoms with E-state index in [2.05, 4.69) is 27.9 Å². The standard InChI is InChI=1S/C10H9IN2O2/c11-7-3-1-2-4-8(7)13-5-9(14)12-10(15)6-13/h1-4H,5-6H2,(H,12,14,15). The minimum absolute atomic E-state index is 0.242. The molecule has 1 N–H and O–H groups in total. The molecule has 0 saturated carbocycles. The second kappa shape index (κ2) is 4.18. The van der Waals surface area contributed by atoms with E-state index in [1.807, 2.05) is 24.3 Å². The summed E-state index contributed by atoms with van der Waals surface area (Å²) in [6, 6.07) is 7.69. The maximum atomic E-state index is 11.2. The first-order valence-electron chi connectivity index (χ1n) is 4.49. The molecule has 0 unspecified atom stereocenters. The van der Waals surface area contributed by atoms with E-state index < -0.39 is 0 Å². The van der Waals surface area contributed by atoms with Gasteiger partial charge in [0.15, 0.2) is 0 Å². The normalized spacial score (nSPS) is 16.5. The number of imide groups is 1. The fraction of sp³-hybridized carbons (Fsp3) is 0.200. The monoisotopic (exact) mass is 316 g/mol. The predicted molar refractivity (Wildman–Crippen MR) is 64.5 cm³/mol. The molecule has 0 aromatic heterocycles. The summed E-state index contributed by atoms with van der Waals surface area (Å²) in [4.78, 5) is 24.2. The first-order valence-corrected chi connectivity index (χ1v) is 5.57. The fourth-order valence-corrected chi connectivity index (χ4v) is 2.24. The van der Waals surface area contributed by atoms with Crippen LogP contribution < -0.4 is 10.2 Å². The highest BCUT2D eigenvalue weighted by molar-refractivity contribution is 14.1. The largest absolute Gasteiger partial charge is 0.352 e. The summed E-state index contributed by atoms with van der Waals surface area (Å²) >= 11 is 2.19. The number of amides is 2. The van der Waals surface area contributed by atoms with Gasteiger partial charge in [0.2, 0.25) is 11.8 Å². The maximum Gasteiger partial charge on any atom is 0.246 e. The summed E-state index contributed by atoms with van der Waals surface area (Å²) in [5, 5.41) is 2.28. The number of piperazine rings is 1. The molecule has 1 aromatic carbocycles. The van der Waals surface area contributed by atoms with Crippen LogP contribution in [0.25, 0.3) is 0 Å². The second-order valence-electron chi connectivity index (χ2n) is 3.28. The first kappa shape index (κ1) is 10.4. The smallest absolute Gasteiger partial charge is 0.246 e. The number of nitrogens with zero attached hydrogens (tertiary/aromatic N) is 1. The Morgan fingerprint density at radius 2 is 1.73 bits per heavy atom. The molecule has 2 rings (SSSR count). The SMILES string of the molecule is O=C1CN(c2ccccc2I)CC(=O)N1. The van der Waals surface area contributed by atoms with Crippen LogP contribution in [0.3, 0.4) is 0 Å². The lowest BCUT2D eigenvalue weighted by Gasteiger charge is -2.28. The molecule has 1 saturated heterocycles. The number of anilines is 1. The number of benzene rings is 1. The summed E-state index contributed by atoms with van der Waals surface area (Å²) in [7, 11) is 0. The van der Waals surface area contributed by atoms with Gasteiger partial charge in [-0.15, -0.1) is 0 Å². The molecular formula is C10H9IN2O2. The van der Waals surface area contributed by atoms with Crippen LogP contribution in [0.1, 0.15) is 0 Å². The molecule has 0 spiro atoms. The topological polar surface area (TPSA) is 49.4 Å². The minimum atomic E-state index is -0.245. The average Bonchev–Trinajstić information content (AvgIpc) is 2.16. The van der Waals surface area contributed by atoms with Crippen LogP contribution in [0, 0.1) is 3.57 Å². The highest BCUT2D eigenvalue weighted by Gasteiger charge is 2.23.